The maximum absolute atomic E-state index is 12.3. The number of rotatable bonds is 4. The van der Waals surface area contributed by atoms with Crippen LogP contribution in [0.2, 0.25) is 0 Å². The summed E-state index contributed by atoms with van der Waals surface area (Å²) in [5, 5.41) is 6.86. The second kappa shape index (κ2) is 6.50. The molecule has 0 spiro atoms. The summed E-state index contributed by atoms with van der Waals surface area (Å²) < 4.78 is 29.7. The van der Waals surface area contributed by atoms with E-state index in [4.69, 9.17) is 0 Å². The molecule has 0 atom stereocenters. The van der Waals surface area contributed by atoms with Crippen molar-refractivity contribution < 1.29 is 22.7 Å². The minimum Gasteiger partial charge on any atom is -0.464 e. The van der Waals surface area contributed by atoms with Crippen LogP contribution in [-0.2, 0) is 21.6 Å². The van der Waals surface area contributed by atoms with Gasteiger partial charge in [0.1, 0.15) is 5.69 Å². The lowest BCUT2D eigenvalue weighted by molar-refractivity contribution is 0.0588. The van der Waals surface area contributed by atoms with Gasteiger partial charge in [0.2, 0.25) is 0 Å². The lowest BCUT2D eigenvalue weighted by atomic mass is 10.3. The number of ether oxygens (including phenoxy) is 1. The summed E-state index contributed by atoms with van der Waals surface area (Å²) in [6.45, 7) is 0. The van der Waals surface area contributed by atoms with E-state index in [0.717, 1.165) is 17.6 Å². The summed E-state index contributed by atoms with van der Waals surface area (Å²) in [4.78, 5) is 28.3. The van der Waals surface area contributed by atoms with Crippen molar-refractivity contribution in [1.82, 2.24) is 14.8 Å². The zero-order valence-corrected chi connectivity index (χ0v) is 15.6. The summed E-state index contributed by atoms with van der Waals surface area (Å²) in [7, 11) is -0.570. The van der Waals surface area contributed by atoms with Crippen LogP contribution >= 0.6 is 11.3 Å². The van der Waals surface area contributed by atoms with Gasteiger partial charge in [0.05, 0.1) is 22.2 Å². The molecule has 3 rings (SSSR count). The quantitative estimate of drug-likeness (QED) is 0.665. The smallest absolute Gasteiger partial charge is 0.356 e. The summed E-state index contributed by atoms with van der Waals surface area (Å²) in [5.41, 5.74) is 0.734. The van der Waals surface area contributed by atoms with E-state index in [9.17, 15) is 18.0 Å². The second-order valence-corrected chi connectivity index (χ2v) is 8.45. The maximum Gasteiger partial charge on any atom is 0.356 e. The van der Waals surface area contributed by atoms with Crippen molar-refractivity contribution in [1.29, 1.82) is 0 Å². The summed E-state index contributed by atoms with van der Waals surface area (Å²) in [6.07, 6.45) is 1.12. The highest BCUT2D eigenvalue weighted by molar-refractivity contribution is 7.90. The first-order valence-corrected chi connectivity index (χ1v) is 9.94. The number of thiazole rings is 1. The Kier molecular flexibility index (Phi) is 4.50. The first kappa shape index (κ1) is 18.0. The van der Waals surface area contributed by atoms with Gasteiger partial charge >= 0.3 is 5.97 Å². The van der Waals surface area contributed by atoms with E-state index < -0.39 is 21.7 Å². The molecule has 2 aromatic heterocycles. The van der Waals surface area contributed by atoms with Crippen molar-refractivity contribution in [2.75, 3.05) is 18.7 Å². The van der Waals surface area contributed by atoms with E-state index in [1.54, 1.807) is 6.07 Å². The third-order valence-electron chi connectivity index (χ3n) is 3.52. The Balaban J connectivity index is 1.87. The Bertz CT molecular complexity index is 1130. The minimum absolute atomic E-state index is 0.0315. The number of hydrogen-bond acceptors (Lipinski definition) is 8. The molecule has 11 heteroatoms. The third kappa shape index (κ3) is 3.44. The van der Waals surface area contributed by atoms with E-state index in [1.807, 2.05) is 0 Å². The first-order chi connectivity index (χ1) is 12.2. The number of amides is 1. The number of esters is 1. The number of nitrogens with one attached hydrogen (secondary N) is 1. The average molecular weight is 394 g/mol. The molecule has 1 N–H and O–H groups in total. The van der Waals surface area contributed by atoms with Crippen molar-refractivity contribution in [2.24, 2.45) is 7.05 Å². The fourth-order valence-corrected chi connectivity index (χ4v) is 3.85. The number of anilines is 1. The number of hydrogen-bond donors (Lipinski definition) is 1. The van der Waals surface area contributed by atoms with Crippen molar-refractivity contribution in [3.63, 3.8) is 0 Å². The molecule has 0 aliphatic rings. The number of carbonyl (C=O) groups is 2. The van der Waals surface area contributed by atoms with E-state index in [1.165, 1.54) is 37.0 Å². The summed E-state index contributed by atoms with van der Waals surface area (Å²) in [6, 6.07) is 5.86. The van der Waals surface area contributed by atoms with E-state index in [2.05, 4.69) is 20.1 Å². The minimum atomic E-state index is -3.33. The first-order valence-electron chi connectivity index (χ1n) is 7.23. The Morgan fingerprint density at radius 1 is 1.27 bits per heavy atom. The molecule has 0 saturated carbocycles. The van der Waals surface area contributed by atoms with Crippen LogP contribution in [0, 0.1) is 0 Å². The van der Waals surface area contributed by atoms with Gasteiger partial charge in [-0.1, -0.05) is 11.3 Å². The van der Waals surface area contributed by atoms with Gasteiger partial charge in [-0.15, -0.1) is 0 Å². The molecule has 1 amide bonds. The molecule has 0 unspecified atom stereocenters. The fraction of sp³-hybridized carbons (Fsp3) is 0.200. The maximum atomic E-state index is 12.3. The van der Waals surface area contributed by atoms with Gasteiger partial charge < -0.3 is 4.74 Å². The highest BCUT2D eigenvalue weighted by Gasteiger charge is 2.19. The van der Waals surface area contributed by atoms with Crippen LogP contribution in [-0.4, -0.2) is 48.4 Å². The predicted molar refractivity (Wildman–Crippen MR) is 95.2 cm³/mol. The van der Waals surface area contributed by atoms with Gasteiger partial charge in [-0.3, -0.25) is 14.8 Å². The molecule has 0 radical (unpaired) electrons. The number of nitrogens with zero attached hydrogens (tertiary/aromatic N) is 3. The number of aromatic nitrogens is 3. The number of aryl methyl sites for hydroxylation is 1. The molecular weight excluding hydrogens is 380 g/mol. The van der Waals surface area contributed by atoms with Crippen LogP contribution < -0.4 is 5.32 Å². The number of methoxy groups -OCH3 is 1. The van der Waals surface area contributed by atoms with E-state index in [0.29, 0.717) is 15.3 Å². The average Bonchev–Trinajstić information content (AvgIpc) is 3.15. The number of benzene rings is 1. The molecule has 136 valence electrons. The molecule has 2 heterocycles. The summed E-state index contributed by atoms with van der Waals surface area (Å²) in [5.74, 6) is -1.15. The SMILES string of the molecule is COC(=O)c1cc(C(=O)Nc2nc3ccc(S(C)(=O)=O)cc3s2)nn1C. The van der Waals surface area contributed by atoms with Crippen LogP contribution in [0.5, 0.6) is 0 Å². The molecule has 0 saturated heterocycles. The van der Waals surface area contributed by atoms with Crippen LogP contribution in [0.15, 0.2) is 29.2 Å². The van der Waals surface area contributed by atoms with Gasteiger partial charge in [-0.2, -0.15) is 5.10 Å². The predicted octanol–water partition coefficient (Wildman–Crippen LogP) is 1.47. The summed E-state index contributed by atoms with van der Waals surface area (Å²) >= 11 is 1.14. The molecule has 0 aliphatic carbocycles. The molecule has 0 fully saturated rings. The Morgan fingerprint density at radius 3 is 2.65 bits per heavy atom. The van der Waals surface area contributed by atoms with Crippen LogP contribution in [0.1, 0.15) is 21.0 Å². The van der Waals surface area contributed by atoms with Crippen molar-refractivity contribution in [2.45, 2.75) is 4.90 Å². The molecule has 1 aromatic carbocycles. The molecule has 0 bridgehead atoms. The van der Waals surface area contributed by atoms with Crippen molar-refractivity contribution in [3.8, 4) is 0 Å². The monoisotopic (exact) mass is 394 g/mol. The van der Waals surface area contributed by atoms with Crippen molar-refractivity contribution >= 4 is 48.4 Å². The van der Waals surface area contributed by atoms with Crippen LogP contribution in [0.25, 0.3) is 10.2 Å². The zero-order valence-electron chi connectivity index (χ0n) is 14.0. The Hall–Kier alpha value is -2.79. The van der Waals surface area contributed by atoms with E-state index >= 15 is 0 Å². The Labute approximate surface area is 152 Å². The molecule has 3 aromatic rings. The molecule has 9 nitrogen and oxygen atoms in total. The zero-order chi connectivity index (χ0) is 19.1. The third-order valence-corrected chi connectivity index (χ3v) is 5.56. The Morgan fingerprint density at radius 2 is 2.00 bits per heavy atom. The van der Waals surface area contributed by atoms with Crippen molar-refractivity contribution in [3.05, 3.63) is 35.7 Å². The topological polar surface area (TPSA) is 120 Å². The number of fused-ring (bicyclic) bond motifs is 1. The largest absolute Gasteiger partial charge is 0.464 e. The normalized spacial score (nSPS) is 11.5. The van der Waals surface area contributed by atoms with Gasteiger partial charge in [-0.25, -0.2) is 18.2 Å². The second-order valence-electron chi connectivity index (χ2n) is 5.40. The molecule has 0 aliphatic heterocycles. The fourth-order valence-electron chi connectivity index (χ4n) is 2.22. The molecular formula is C15H14N4O5S2. The number of sulfone groups is 1. The number of carbonyl (C=O) groups excluding carboxylic acids is 2. The lowest BCUT2D eigenvalue weighted by Crippen LogP contribution is -2.12. The molecule has 26 heavy (non-hydrogen) atoms. The van der Waals surface area contributed by atoms with Crippen LogP contribution in [0.3, 0.4) is 0 Å². The standard InChI is InChI=1S/C15H14N4O5S2/c1-19-11(14(21)24-2)7-10(18-19)13(20)17-15-16-9-5-4-8(26(3,22)23)6-12(9)25-15/h4-7H,1-3H3,(H,16,17,20). The van der Waals surface area contributed by atoms with Gasteiger partial charge in [0.25, 0.3) is 5.91 Å². The highest BCUT2D eigenvalue weighted by atomic mass is 32.2. The van der Waals surface area contributed by atoms with Gasteiger partial charge in [-0.05, 0) is 18.2 Å². The highest BCUT2D eigenvalue weighted by Crippen LogP contribution is 2.28. The lowest BCUT2D eigenvalue weighted by Gasteiger charge is -1.96. The van der Waals surface area contributed by atoms with Crippen LogP contribution in [0.4, 0.5) is 5.13 Å². The van der Waals surface area contributed by atoms with Gasteiger partial charge in [0, 0.05) is 19.4 Å². The van der Waals surface area contributed by atoms with E-state index in [-0.39, 0.29) is 16.3 Å². The van der Waals surface area contributed by atoms with Gasteiger partial charge in [0.15, 0.2) is 20.7 Å².